The van der Waals surface area contributed by atoms with Gasteiger partial charge in [-0.05, 0) is 43.0 Å². The maximum Gasteiger partial charge on any atom is 0.0462 e. The minimum absolute atomic E-state index is 0.676. The van der Waals surface area contributed by atoms with Crippen molar-refractivity contribution in [3.8, 4) is 0 Å². The molecule has 0 heterocycles. The monoisotopic (exact) mass is 311 g/mol. The van der Waals surface area contributed by atoms with E-state index in [0.29, 0.717) is 5.92 Å². The summed E-state index contributed by atoms with van der Waals surface area (Å²) in [6.07, 6.45) is 6.92. The van der Waals surface area contributed by atoms with Gasteiger partial charge in [0.1, 0.15) is 0 Å². The summed E-state index contributed by atoms with van der Waals surface area (Å²) >= 11 is 8.42. The lowest BCUT2D eigenvalue weighted by Crippen LogP contribution is -2.19. The van der Waals surface area contributed by atoms with E-state index in [0.717, 1.165) is 23.4 Å². The average molecular weight is 312 g/mol. The molecule has 0 aromatic heterocycles. The smallest absolute Gasteiger partial charge is 0.0462 e. The van der Waals surface area contributed by atoms with Crippen LogP contribution in [-0.4, -0.2) is 11.8 Å². The Bertz CT molecular complexity index is 413. The molecule has 1 N–H and O–H groups in total. The quantitative estimate of drug-likeness (QED) is 0.743. The zero-order valence-electron chi connectivity index (χ0n) is 12.6. The van der Waals surface area contributed by atoms with Crippen molar-refractivity contribution in [1.82, 2.24) is 5.32 Å². The van der Waals surface area contributed by atoms with Gasteiger partial charge in [0.2, 0.25) is 0 Å². The third kappa shape index (κ3) is 5.31. The van der Waals surface area contributed by atoms with Crippen molar-refractivity contribution < 1.29 is 0 Å². The Balaban J connectivity index is 1.87. The van der Waals surface area contributed by atoms with Gasteiger partial charge in [-0.15, -0.1) is 11.8 Å². The number of halogens is 1. The summed E-state index contributed by atoms with van der Waals surface area (Å²) in [6, 6.07) is 6.56. The predicted octanol–water partition coefficient (Wildman–Crippen LogP) is 5.51. The van der Waals surface area contributed by atoms with Crippen LogP contribution < -0.4 is 5.32 Å². The largest absolute Gasteiger partial charge is 0.312 e. The molecule has 0 bridgehead atoms. The minimum atomic E-state index is 0.676. The van der Waals surface area contributed by atoms with Crippen LogP contribution in [-0.2, 0) is 6.54 Å². The molecule has 1 saturated carbocycles. The molecule has 1 aliphatic rings. The normalized spacial score (nSPS) is 16.8. The van der Waals surface area contributed by atoms with Crippen LogP contribution in [0.15, 0.2) is 23.1 Å². The van der Waals surface area contributed by atoms with Crippen LogP contribution in [0.3, 0.4) is 0 Å². The highest BCUT2D eigenvalue weighted by Gasteiger charge is 2.15. The first kappa shape index (κ1) is 16.2. The van der Waals surface area contributed by atoms with Gasteiger partial charge in [-0.2, -0.15) is 0 Å². The molecule has 2 rings (SSSR count). The highest BCUT2D eigenvalue weighted by Crippen LogP contribution is 2.35. The summed E-state index contributed by atoms with van der Waals surface area (Å²) in [5.74, 6) is 0.676. The molecule has 20 heavy (non-hydrogen) atoms. The Labute approximate surface area is 132 Å². The zero-order chi connectivity index (χ0) is 14.4. The Morgan fingerprint density at radius 2 is 2.00 bits per heavy atom. The number of nitrogens with one attached hydrogen (secondary N) is 1. The summed E-state index contributed by atoms with van der Waals surface area (Å²) in [6.45, 7) is 6.34. The van der Waals surface area contributed by atoms with E-state index < -0.39 is 0 Å². The molecule has 0 atom stereocenters. The Kier molecular flexibility index (Phi) is 6.73. The van der Waals surface area contributed by atoms with Crippen molar-refractivity contribution in [3.63, 3.8) is 0 Å². The molecule has 0 amide bonds. The molecule has 1 aromatic rings. The van der Waals surface area contributed by atoms with Crippen molar-refractivity contribution in [2.45, 2.75) is 62.6 Å². The van der Waals surface area contributed by atoms with Crippen molar-refractivity contribution in [2.75, 3.05) is 6.54 Å². The van der Waals surface area contributed by atoms with E-state index in [9.17, 15) is 0 Å². The van der Waals surface area contributed by atoms with Crippen LogP contribution in [0.25, 0.3) is 0 Å². The first-order chi connectivity index (χ1) is 9.65. The third-order valence-electron chi connectivity index (χ3n) is 3.75. The minimum Gasteiger partial charge on any atom is -0.312 e. The van der Waals surface area contributed by atoms with E-state index in [1.165, 1.54) is 42.6 Å². The Morgan fingerprint density at radius 3 is 2.65 bits per heavy atom. The molecule has 112 valence electrons. The van der Waals surface area contributed by atoms with E-state index in [1.54, 1.807) is 0 Å². The lowest BCUT2D eigenvalue weighted by Gasteiger charge is -2.21. The molecule has 0 radical (unpaired) electrons. The van der Waals surface area contributed by atoms with Gasteiger partial charge in [-0.3, -0.25) is 0 Å². The standard InChI is InChI=1S/C17H26ClNS/c1-13(2)11-19-12-14-8-9-16(10-17(14)18)20-15-6-4-3-5-7-15/h8-10,13,15,19H,3-7,11-12H2,1-2H3. The Morgan fingerprint density at radius 1 is 1.25 bits per heavy atom. The fraction of sp³-hybridized carbons (Fsp3) is 0.647. The molecular formula is C17H26ClNS. The fourth-order valence-corrected chi connectivity index (χ4v) is 4.21. The molecule has 0 spiro atoms. The molecule has 1 aromatic carbocycles. The average Bonchev–Trinajstić information content (AvgIpc) is 2.42. The molecule has 0 unspecified atom stereocenters. The van der Waals surface area contributed by atoms with Crippen LogP contribution in [0.4, 0.5) is 0 Å². The molecular weight excluding hydrogens is 286 g/mol. The maximum atomic E-state index is 6.41. The van der Waals surface area contributed by atoms with Crippen LogP contribution >= 0.6 is 23.4 Å². The molecule has 1 aliphatic carbocycles. The van der Waals surface area contributed by atoms with Crippen molar-refractivity contribution >= 4 is 23.4 Å². The highest BCUT2D eigenvalue weighted by atomic mass is 35.5. The number of thioether (sulfide) groups is 1. The fourth-order valence-electron chi connectivity index (χ4n) is 2.62. The summed E-state index contributed by atoms with van der Waals surface area (Å²) in [4.78, 5) is 1.33. The van der Waals surface area contributed by atoms with Gasteiger partial charge < -0.3 is 5.32 Å². The summed E-state index contributed by atoms with van der Waals surface area (Å²) in [7, 11) is 0. The van der Waals surface area contributed by atoms with E-state index in [2.05, 4.69) is 37.4 Å². The van der Waals surface area contributed by atoms with Crippen LogP contribution in [0.2, 0.25) is 5.02 Å². The van der Waals surface area contributed by atoms with Gasteiger partial charge >= 0.3 is 0 Å². The van der Waals surface area contributed by atoms with Gasteiger partial charge in [0.25, 0.3) is 0 Å². The second-order valence-corrected chi connectivity index (χ2v) is 7.94. The summed E-state index contributed by atoms with van der Waals surface area (Å²) in [5.41, 5.74) is 1.21. The van der Waals surface area contributed by atoms with Gasteiger partial charge in [-0.1, -0.05) is 50.8 Å². The third-order valence-corrected chi connectivity index (χ3v) is 5.43. The van der Waals surface area contributed by atoms with E-state index in [1.807, 2.05) is 11.8 Å². The van der Waals surface area contributed by atoms with Gasteiger partial charge in [-0.25, -0.2) is 0 Å². The number of rotatable bonds is 6. The first-order valence-corrected chi connectivity index (χ1v) is 9.06. The lowest BCUT2D eigenvalue weighted by molar-refractivity contribution is 0.516. The summed E-state index contributed by atoms with van der Waals surface area (Å²) in [5, 5.41) is 5.15. The van der Waals surface area contributed by atoms with E-state index in [4.69, 9.17) is 11.6 Å². The Hall–Kier alpha value is -0.180. The molecule has 0 saturated heterocycles. The predicted molar refractivity (Wildman–Crippen MR) is 90.7 cm³/mol. The lowest BCUT2D eigenvalue weighted by atomic mass is 10.0. The van der Waals surface area contributed by atoms with Crippen molar-refractivity contribution in [3.05, 3.63) is 28.8 Å². The first-order valence-electron chi connectivity index (χ1n) is 7.81. The SMILES string of the molecule is CC(C)CNCc1ccc(SC2CCCCC2)cc1Cl. The van der Waals surface area contributed by atoms with Gasteiger partial charge in [0, 0.05) is 21.7 Å². The molecule has 1 fully saturated rings. The van der Waals surface area contributed by atoms with E-state index in [-0.39, 0.29) is 0 Å². The highest BCUT2D eigenvalue weighted by molar-refractivity contribution is 8.00. The topological polar surface area (TPSA) is 12.0 Å². The number of hydrogen-bond donors (Lipinski definition) is 1. The van der Waals surface area contributed by atoms with Crippen LogP contribution in [0.5, 0.6) is 0 Å². The number of hydrogen-bond acceptors (Lipinski definition) is 2. The molecule has 0 aliphatic heterocycles. The van der Waals surface area contributed by atoms with Crippen molar-refractivity contribution in [1.29, 1.82) is 0 Å². The van der Waals surface area contributed by atoms with Gasteiger partial charge in [0.05, 0.1) is 0 Å². The van der Waals surface area contributed by atoms with Crippen LogP contribution in [0, 0.1) is 5.92 Å². The zero-order valence-corrected chi connectivity index (χ0v) is 14.2. The molecule has 1 nitrogen and oxygen atoms in total. The maximum absolute atomic E-state index is 6.41. The second kappa shape index (κ2) is 8.31. The molecule has 3 heteroatoms. The van der Waals surface area contributed by atoms with Crippen molar-refractivity contribution in [2.24, 2.45) is 5.92 Å². The van der Waals surface area contributed by atoms with E-state index >= 15 is 0 Å². The van der Waals surface area contributed by atoms with Gasteiger partial charge in [0.15, 0.2) is 0 Å². The second-order valence-electron chi connectivity index (χ2n) is 6.16. The number of benzene rings is 1. The van der Waals surface area contributed by atoms with Crippen LogP contribution in [0.1, 0.15) is 51.5 Å². The summed E-state index contributed by atoms with van der Waals surface area (Å²) < 4.78 is 0.